The largest absolute Gasteiger partial charge is 0.330 e. The topological polar surface area (TPSA) is 43.8 Å². The Kier molecular flexibility index (Phi) is 3.10. The summed E-state index contributed by atoms with van der Waals surface area (Å²) in [6, 6.07) is 0.682. The van der Waals surface area contributed by atoms with Crippen molar-refractivity contribution < 1.29 is 0 Å². The van der Waals surface area contributed by atoms with E-state index in [1.54, 1.807) is 0 Å². The average molecular weight is 207 g/mol. The van der Waals surface area contributed by atoms with Crippen LogP contribution < -0.4 is 5.73 Å². The van der Waals surface area contributed by atoms with Crippen molar-refractivity contribution in [2.24, 2.45) is 11.7 Å². The van der Waals surface area contributed by atoms with E-state index in [9.17, 15) is 0 Å². The zero-order valence-electron chi connectivity index (χ0n) is 9.69. The highest BCUT2D eigenvalue weighted by Crippen LogP contribution is 2.38. The Balaban J connectivity index is 2.13. The highest BCUT2D eigenvalue weighted by atomic mass is 15.1. The Bertz CT molecular complexity index is 312. The highest BCUT2D eigenvalue weighted by molar-refractivity contribution is 5.05. The van der Waals surface area contributed by atoms with E-state index < -0.39 is 0 Å². The summed E-state index contributed by atoms with van der Waals surface area (Å²) in [4.78, 5) is 4.22. The van der Waals surface area contributed by atoms with Crippen molar-refractivity contribution in [1.29, 1.82) is 0 Å². The van der Waals surface area contributed by atoms with Crippen LogP contribution in [0.1, 0.15) is 57.3 Å². The Morgan fingerprint density at radius 2 is 2.33 bits per heavy atom. The van der Waals surface area contributed by atoms with Gasteiger partial charge in [-0.15, -0.1) is 0 Å². The number of hydrogen-bond donors (Lipinski definition) is 1. The maximum Gasteiger partial charge on any atom is 0.0951 e. The van der Waals surface area contributed by atoms with Crippen LogP contribution in [0.25, 0.3) is 0 Å². The molecule has 1 aliphatic carbocycles. The molecular formula is C12H21N3. The molecule has 3 heteroatoms. The van der Waals surface area contributed by atoms with E-state index in [1.165, 1.54) is 31.4 Å². The van der Waals surface area contributed by atoms with Crippen LogP contribution in [0.4, 0.5) is 0 Å². The lowest BCUT2D eigenvalue weighted by molar-refractivity contribution is 0.411. The Morgan fingerprint density at radius 1 is 1.60 bits per heavy atom. The quantitative estimate of drug-likeness (QED) is 0.806. The van der Waals surface area contributed by atoms with Gasteiger partial charge in [-0.05, 0) is 25.7 Å². The van der Waals surface area contributed by atoms with Crippen molar-refractivity contribution in [1.82, 2.24) is 9.55 Å². The maximum atomic E-state index is 5.94. The van der Waals surface area contributed by atoms with Gasteiger partial charge in [-0.3, -0.25) is 0 Å². The summed E-state index contributed by atoms with van der Waals surface area (Å²) in [6.45, 7) is 4.27. The molecule has 1 saturated carbocycles. The minimum Gasteiger partial charge on any atom is -0.330 e. The number of aromatic nitrogens is 2. The molecule has 0 aliphatic heterocycles. The first-order chi connectivity index (χ1) is 7.22. The third-order valence-electron chi connectivity index (χ3n) is 3.33. The van der Waals surface area contributed by atoms with E-state index in [-0.39, 0.29) is 6.04 Å². The third kappa shape index (κ3) is 2.40. The number of nitrogens with two attached hydrogens (primary N) is 1. The molecule has 2 atom stereocenters. The van der Waals surface area contributed by atoms with Crippen molar-refractivity contribution in [2.75, 3.05) is 0 Å². The molecule has 0 aromatic carbocycles. The fraction of sp³-hybridized carbons (Fsp3) is 0.750. The lowest BCUT2D eigenvalue weighted by Gasteiger charge is -2.20. The van der Waals surface area contributed by atoms with Crippen molar-refractivity contribution in [3.8, 4) is 0 Å². The molecule has 15 heavy (non-hydrogen) atoms. The maximum absolute atomic E-state index is 5.94. The molecule has 1 aromatic heterocycles. The second-order valence-corrected chi connectivity index (χ2v) is 4.76. The molecular weight excluding hydrogens is 186 g/mol. The van der Waals surface area contributed by atoms with Gasteiger partial charge < -0.3 is 10.3 Å². The third-order valence-corrected chi connectivity index (χ3v) is 3.33. The first-order valence-electron chi connectivity index (χ1n) is 5.99. The number of hydrogen-bond acceptors (Lipinski definition) is 2. The molecule has 3 nitrogen and oxygen atoms in total. The minimum absolute atomic E-state index is 0.0840. The van der Waals surface area contributed by atoms with Crippen LogP contribution in [0.15, 0.2) is 12.5 Å². The highest BCUT2D eigenvalue weighted by Gasteiger charge is 2.26. The summed E-state index contributed by atoms with van der Waals surface area (Å²) < 4.78 is 2.28. The predicted molar refractivity (Wildman–Crippen MR) is 61.5 cm³/mol. The summed E-state index contributed by atoms with van der Waals surface area (Å²) in [5.74, 6) is 0.957. The molecule has 1 aromatic rings. The first-order valence-corrected chi connectivity index (χ1v) is 5.99. The van der Waals surface area contributed by atoms with Gasteiger partial charge in [-0.1, -0.05) is 19.8 Å². The van der Waals surface area contributed by atoms with E-state index in [0.29, 0.717) is 6.04 Å². The summed E-state index contributed by atoms with van der Waals surface area (Å²) in [5, 5.41) is 0. The van der Waals surface area contributed by atoms with Crippen LogP contribution in [0.3, 0.4) is 0 Å². The number of imidazole rings is 1. The number of rotatable bonds is 5. The molecule has 2 rings (SSSR count). The predicted octanol–water partition coefficient (Wildman–Crippen LogP) is 2.65. The molecule has 84 valence electrons. The Labute approximate surface area is 91.7 Å². The molecule has 1 fully saturated rings. The van der Waals surface area contributed by atoms with Crippen LogP contribution >= 0.6 is 0 Å². The van der Waals surface area contributed by atoms with Crippen LogP contribution in [0.2, 0.25) is 0 Å². The summed E-state index contributed by atoms with van der Waals surface area (Å²) in [6.07, 6.45) is 9.14. The van der Waals surface area contributed by atoms with Gasteiger partial charge in [0.15, 0.2) is 0 Å². The van der Waals surface area contributed by atoms with E-state index >= 15 is 0 Å². The zero-order valence-corrected chi connectivity index (χ0v) is 9.69. The lowest BCUT2D eigenvalue weighted by atomic mass is 10.1. The zero-order chi connectivity index (χ0) is 10.8. The van der Waals surface area contributed by atoms with Gasteiger partial charge in [0.05, 0.1) is 12.0 Å². The SMILES string of the molecule is CCC(CC1CC1)n1cncc1[C@H](C)N. The van der Waals surface area contributed by atoms with Gasteiger partial charge in [0, 0.05) is 18.3 Å². The second kappa shape index (κ2) is 4.35. The molecule has 0 amide bonds. The van der Waals surface area contributed by atoms with Crippen molar-refractivity contribution >= 4 is 0 Å². The first kappa shape index (κ1) is 10.7. The molecule has 1 unspecified atom stereocenters. The van der Waals surface area contributed by atoms with Gasteiger partial charge in [-0.25, -0.2) is 4.98 Å². The van der Waals surface area contributed by atoms with Crippen LogP contribution in [0, 0.1) is 5.92 Å². The fourth-order valence-electron chi connectivity index (χ4n) is 2.19. The van der Waals surface area contributed by atoms with E-state index in [0.717, 1.165) is 5.92 Å². The van der Waals surface area contributed by atoms with Crippen molar-refractivity contribution in [3.05, 3.63) is 18.2 Å². The smallest absolute Gasteiger partial charge is 0.0951 e. The monoisotopic (exact) mass is 207 g/mol. The fourth-order valence-corrected chi connectivity index (χ4v) is 2.19. The van der Waals surface area contributed by atoms with Gasteiger partial charge in [0.2, 0.25) is 0 Å². The van der Waals surface area contributed by atoms with Gasteiger partial charge >= 0.3 is 0 Å². The summed E-state index contributed by atoms with van der Waals surface area (Å²) >= 11 is 0. The van der Waals surface area contributed by atoms with Gasteiger partial charge in [0.1, 0.15) is 0 Å². The summed E-state index contributed by atoms with van der Waals surface area (Å²) in [7, 11) is 0. The van der Waals surface area contributed by atoms with Gasteiger partial charge in [0.25, 0.3) is 0 Å². The van der Waals surface area contributed by atoms with E-state index in [1.807, 2.05) is 19.4 Å². The minimum atomic E-state index is 0.0840. The molecule has 0 saturated heterocycles. The average Bonchev–Trinajstić information content (AvgIpc) is 2.89. The molecule has 2 N–H and O–H groups in total. The van der Waals surface area contributed by atoms with Crippen LogP contribution in [-0.2, 0) is 0 Å². The Morgan fingerprint density at radius 3 is 2.87 bits per heavy atom. The van der Waals surface area contributed by atoms with E-state index in [4.69, 9.17) is 5.73 Å². The molecule has 0 bridgehead atoms. The summed E-state index contributed by atoms with van der Waals surface area (Å²) in [5.41, 5.74) is 7.11. The number of nitrogens with zero attached hydrogens (tertiary/aromatic N) is 2. The Hall–Kier alpha value is -0.830. The molecule has 1 heterocycles. The van der Waals surface area contributed by atoms with Crippen molar-refractivity contribution in [3.63, 3.8) is 0 Å². The lowest BCUT2D eigenvalue weighted by Crippen LogP contribution is -2.16. The molecule has 0 radical (unpaired) electrons. The second-order valence-electron chi connectivity index (χ2n) is 4.76. The van der Waals surface area contributed by atoms with Crippen LogP contribution in [0.5, 0.6) is 0 Å². The standard InChI is InChI=1S/C12H21N3/c1-3-11(6-10-4-5-10)15-8-14-7-12(15)9(2)13/h7-11H,3-6,13H2,1-2H3/t9-,11?/m0/s1. The van der Waals surface area contributed by atoms with Crippen LogP contribution in [-0.4, -0.2) is 9.55 Å². The molecule has 0 spiro atoms. The normalized spacial score (nSPS) is 20.2. The van der Waals surface area contributed by atoms with Crippen molar-refractivity contribution in [2.45, 2.75) is 51.6 Å². The van der Waals surface area contributed by atoms with Gasteiger partial charge in [-0.2, -0.15) is 0 Å². The van der Waals surface area contributed by atoms with E-state index in [2.05, 4.69) is 16.5 Å². The molecule has 1 aliphatic rings.